The Balaban J connectivity index is 1.39. The van der Waals surface area contributed by atoms with Crippen molar-refractivity contribution in [2.24, 2.45) is 0 Å². The molecule has 0 unspecified atom stereocenters. The zero-order valence-electron chi connectivity index (χ0n) is 21.5. The van der Waals surface area contributed by atoms with Crippen molar-refractivity contribution in [1.82, 2.24) is 0 Å². The van der Waals surface area contributed by atoms with E-state index < -0.39 is 18.2 Å². The molecule has 0 aromatic heterocycles. The van der Waals surface area contributed by atoms with Crippen LogP contribution in [0, 0.1) is 11.6 Å². The number of ether oxygens (including phenoxy) is 2. The van der Waals surface area contributed by atoms with Crippen molar-refractivity contribution >= 4 is 10.8 Å². The van der Waals surface area contributed by atoms with Gasteiger partial charge >= 0.3 is 6.61 Å². The number of fused-ring (bicyclic) bond motifs is 1. The van der Waals surface area contributed by atoms with Crippen LogP contribution in [0.3, 0.4) is 0 Å². The molecule has 4 aromatic rings. The molecule has 2 nitrogen and oxygen atoms in total. The van der Waals surface area contributed by atoms with E-state index in [4.69, 9.17) is 4.74 Å². The van der Waals surface area contributed by atoms with Gasteiger partial charge in [-0.3, -0.25) is 0 Å². The lowest BCUT2D eigenvalue weighted by atomic mass is 9.97. The minimum Gasteiger partial charge on any atom is -0.494 e. The molecule has 0 fully saturated rings. The Hall–Kier alpha value is -3.54. The van der Waals surface area contributed by atoms with Crippen LogP contribution in [0.25, 0.3) is 21.9 Å². The SMILES string of the molecule is CCCCCCCOc1ccc(-c2ccc3c(F)c(CCc4ccc(OC(F)F)c(F)c4)ccc3c2)cc1. The summed E-state index contributed by atoms with van der Waals surface area (Å²) < 4.78 is 63.9. The molecule has 4 aromatic carbocycles. The maximum Gasteiger partial charge on any atom is 0.387 e. The first-order valence-electron chi connectivity index (χ1n) is 13.1. The third kappa shape index (κ3) is 7.27. The number of hydrogen-bond donors (Lipinski definition) is 0. The van der Waals surface area contributed by atoms with Crippen LogP contribution in [0.4, 0.5) is 17.6 Å². The summed E-state index contributed by atoms with van der Waals surface area (Å²) in [6, 6.07) is 21.0. The first-order chi connectivity index (χ1) is 18.4. The van der Waals surface area contributed by atoms with Gasteiger partial charge in [-0.25, -0.2) is 8.78 Å². The predicted octanol–water partition coefficient (Wildman–Crippen LogP) is 9.52. The Kier molecular flexibility index (Phi) is 9.63. The molecule has 6 heteroatoms. The Morgan fingerprint density at radius 1 is 0.737 bits per heavy atom. The number of aryl methyl sites for hydroxylation is 2. The fourth-order valence-corrected chi connectivity index (χ4v) is 4.52. The molecular formula is C32H32F4O2. The van der Waals surface area contributed by atoms with Crippen LogP contribution < -0.4 is 9.47 Å². The van der Waals surface area contributed by atoms with E-state index in [0.29, 0.717) is 36.0 Å². The predicted molar refractivity (Wildman–Crippen MR) is 144 cm³/mol. The first kappa shape index (κ1) is 27.5. The molecule has 0 radical (unpaired) electrons. The van der Waals surface area contributed by atoms with Gasteiger partial charge in [0.2, 0.25) is 0 Å². The lowest BCUT2D eigenvalue weighted by Crippen LogP contribution is -2.04. The van der Waals surface area contributed by atoms with Crippen molar-refractivity contribution in [3.63, 3.8) is 0 Å². The van der Waals surface area contributed by atoms with Crippen molar-refractivity contribution in [2.45, 2.75) is 58.5 Å². The largest absolute Gasteiger partial charge is 0.494 e. The van der Waals surface area contributed by atoms with Gasteiger partial charge in [0.25, 0.3) is 0 Å². The second-order valence-electron chi connectivity index (χ2n) is 9.40. The van der Waals surface area contributed by atoms with Crippen molar-refractivity contribution in [3.8, 4) is 22.6 Å². The van der Waals surface area contributed by atoms with Gasteiger partial charge in [-0.05, 0) is 77.2 Å². The van der Waals surface area contributed by atoms with E-state index in [1.54, 1.807) is 12.1 Å². The molecule has 0 bridgehead atoms. The fourth-order valence-electron chi connectivity index (χ4n) is 4.52. The summed E-state index contributed by atoms with van der Waals surface area (Å²) in [7, 11) is 0. The highest BCUT2D eigenvalue weighted by Gasteiger charge is 2.12. The van der Waals surface area contributed by atoms with Crippen LogP contribution >= 0.6 is 0 Å². The van der Waals surface area contributed by atoms with Crippen LogP contribution in [-0.2, 0) is 12.8 Å². The minimum atomic E-state index is -3.09. The number of alkyl halides is 2. The van der Waals surface area contributed by atoms with Crippen molar-refractivity contribution in [2.75, 3.05) is 6.61 Å². The van der Waals surface area contributed by atoms with E-state index in [0.717, 1.165) is 34.7 Å². The normalized spacial score (nSPS) is 11.3. The molecule has 0 heterocycles. The molecule has 0 spiro atoms. The average molecular weight is 525 g/mol. The quantitative estimate of drug-likeness (QED) is 0.128. The number of rotatable bonds is 13. The molecule has 0 saturated carbocycles. The van der Waals surface area contributed by atoms with E-state index in [-0.39, 0.29) is 5.82 Å². The standard InChI is InChI=1S/C32H32F4O2/c1-2-3-4-5-6-19-37-27-15-12-23(13-16-27)25-14-17-28-26(21-25)11-10-24(31(28)34)9-7-22-8-18-30(29(33)20-22)38-32(35)36/h8,10-18,20-21,32H,2-7,9,19H2,1H3. The summed E-state index contributed by atoms with van der Waals surface area (Å²) in [5.74, 6) is -0.834. The summed E-state index contributed by atoms with van der Waals surface area (Å²) >= 11 is 0. The van der Waals surface area contributed by atoms with Gasteiger partial charge in [0.15, 0.2) is 11.6 Å². The van der Waals surface area contributed by atoms with E-state index >= 15 is 4.39 Å². The van der Waals surface area contributed by atoms with Crippen LogP contribution in [0.1, 0.15) is 50.2 Å². The molecule has 0 atom stereocenters. The smallest absolute Gasteiger partial charge is 0.387 e. The average Bonchev–Trinajstić information content (AvgIpc) is 2.91. The highest BCUT2D eigenvalue weighted by Crippen LogP contribution is 2.29. The maximum absolute atomic E-state index is 15.3. The Labute approximate surface area is 221 Å². The Bertz CT molecular complexity index is 1340. The van der Waals surface area contributed by atoms with E-state index in [1.165, 1.54) is 37.8 Å². The number of unbranched alkanes of at least 4 members (excludes halogenated alkanes) is 4. The molecular weight excluding hydrogens is 492 g/mol. The van der Waals surface area contributed by atoms with Gasteiger partial charge in [0, 0.05) is 5.39 Å². The molecule has 0 amide bonds. The van der Waals surface area contributed by atoms with Gasteiger partial charge in [-0.1, -0.05) is 75.1 Å². The number of hydrogen-bond acceptors (Lipinski definition) is 2. The lowest BCUT2D eigenvalue weighted by Gasteiger charge is -2.11. The highest BCUT2D eigenvalue weighted by atomic mass is 19.3. The second kappa shape index (κ2) is 13.3. The third-order valence-electron chi connectivity index (χ3n) is 6.63. The molecule has 200 valence electrons. The molecule has 0 aliphatic rings. The van der Waals surface area contributed by atoms with Gasteiger partial charge in [0.05, 0.1) is 6.61 Å². The van der Waals surface area contributed by atoms with Gasteiger partial charge in [0.1, 0.15) is 11.6 Å². The van der Waals surface area contributed by atoms with Crippen molar-refractivity contribution in [3.05, 3.63) is 95.6 Å². The van der Waals surface area contributed by atoms with Crippen LogP contribution in [0.2, 0.25) is 0 Å². The zero-order chi connectivity index (χ0) is 26.9. The summed E-state index contributed by atoms with van der Waals surface area (Å²) in [6.45, 7) is -0.172. The lowest BCUT2D eigenvalue weighted by molar-refractivity contribution is -0.0522. The highest BCUT2D eigenvalue weighted by molar-refractivity contribution is 5.88. The maximum atomic E-state index is 15.3. The van der Waals surface area contributed by atoms with Gasteiger partial charge < -0.3 is 9.47 Å². The topological polar surface area (TPSA) is 18.5 Å². The zero-order valence-corrected chi connectivity index (χ0v) is 21.5. The molecule has 0 N–H and O–H groups in total. The van der Waals surface area contributed by atoms with Crippen LogP contribution in [-0.4, -0.2) is 13.2 Å². The number of benzene rings is 4. The third-order valence-corrected chi connectivity index (χ3v) is 6.63. The molecule has 0 saturated heterocycles. The molecule has 0 aliphatic carbocycles. The van der Waals surface area contributed by atoms with E-state index in [1.807, 2.05) is 42.5 Å². The Morgan fingerprint density at radius 2 is 1.50 bits per heavy atom. The second-order valence-corrected chi connectivity index (χ2v) is 9.40. The summed E-state index contributed by atoms with van der Waals surface area (Å²) in [5, 5.41) is 1.30. The van der Waals surface area contributed by atoms with E-state index in [9.17, 15) is 13.2 Å². The molecule has 4 rings (SSSR count). The Morgan fingerprint density at radius 3 is 2.24 bits per heavy atom. The summed E-state index contributed by atoms with van der Waals surface area (Å²) in [5.41, 5.74) is 3.09. The fraction of sp³-hybridized carbons (Fsp3) is 0.312. The number of halogens is 4. The first-order valence-corrected chi connectivity index (χ1v) is 13.1. The molecule has 38 heavy (non-hydrogen) atoms. The summed E-state index contributed by atoms with van der Waals surface area (Å²) in [6.07, 6.45) is 6.69. The van der Waals surface area contributed by atoms with Crippen molar-refractivity contribution < 1.29 is 27.0 Å². The van der Waals surface area contributed by atoms with E-state index in [2.05, 4.69) is 11.7 Å². The van der Waals surface area contributed by atoms with Crippen LogP contribution in [0.15, 0.2) is 72.8 Å². The van der Waals surface area contributed by atoms with Crippen LogP contribution in [0.5, 0.6) is 11.5 Å². The minimum absolute atomic E-state index is 0.310. The van der Waals surface area contributed by atoms with Gasteiger partial charge in [-0.15, -0.1) is 0 Å². The molecule has 0 aliphatic heterocycles. The van der Waals surface area contributed by atoms with Crippen molar-refractivity contribution in [1.29, 1.82) is 0 Å². The monoisotopic (exact) mass is 524 g/mol. The van der Waals surface area contributed by atoms with Gasteiger partial charge in [-0.2, -0.15) is 8.78 Å². The summed E-state index contributed by atoms with van der Waals surface area (Å²) in [4.78, 5) is 0.